The monoisotopic (exact) mass is 526 g/mol. The molecule has 0 bridgehead atoms. The summed E-state index contributed by atoms with van der Waals surface area (Å²) in [4.78, 5) is 33.8. The lowest BCUT2D eigenvalue weighted by atomic mass is 9.88. The Labute approximate surface area is 213 Å². The Kier molecular flexibility index (Phi) is 7.81. The van der Waals surface area contributed by atoms with Gasteiger partial charge in [-0.2, -0.15) is 0 Å². The molecule has 0 radical (unpaired) electrons. The van der Waals surface area contributed by atoms with Gasteiger partial charge in [0.2, 0.25) is 0 Å². The molecule has 11 heteroatoms. The van der Waals surface area contributed by atoms with E-state index in [1.807, 2.05) is 41.3 Å². The highest BCUT2D eigenvalue weighted by Crippen LogP contribution is 2.39. The van der Waals surface area contributed by atoms with Gasteiger partial charge >= 0.3 is 5.97 Å². The average Bonchev–Trinajstić information content (AvgIpc) is 3.36. The van der Waals surface area contributed by atoms with Crippen LogP contribution in [0.1, 0.15) is 24.5 Å². The summed E-state index contributed by atoms with van der Waals surface area (Å²) in [5, 5.41) is 6.67. The van der Waals surface area contributed by atoms with Crippen LogP contribution in [0.15, 0.2) is 45.6 Å². The maximum atomic E-state index is 13.2. The first-order valence-electron chi connectivity index (χ1n) is 11.0. The number of esters is 1. The molecule has 0 saturated carbocycles. The molecule has 4 rings (SSSR count). The van der Waals surface area contributed by atoms with Crippen LogP contribution in [0.2, 0.25) is 0 Å². The zero-order valence-corrected chi connectivity index (χ0v) is 21.6. The lowest BCUT2D eigenvalue weighted by molar-refractivity contribution is -0.137. The third-order valence-electron chi connectivity index (χ3n) is 6.51. The number of rotatable bonds is 6. The number of hydrogen-bond acceptors (Lipinski definition) is 9. The molecule has 3 aliphatic rings. The summed E-state index contributed by atoms with van der Waals surface area (Å²) >= 11 is 14.5. The van der Waals surface area contributed by atoms with Crippen LogP contribution in [0.5, 0.6) is 0 Å². The summed E-state index contributed by atoms with van der Waals surface area (Å²) in [5.41, 5.74) is 1.10. The number of aldehydes is 1. The van der Waals surface area contributed by atoms with Crippen LogP contribution in [-0.2, 0) is 19.1 Å². The molecule has 0 spiro atoms. The summed E-state index contributed by atoms with van der Waals surface area (Å²) in [5.74, 6) is -0.462. The lowest BCUT2D eigenvalue weighted by Crippen LogP contribution is -2.59. The van der Waals surface area contributed by atoms with Gasteiger partial charge in [0.15, 0.2) is 0 Å². The van der Waals surface area contributed by atoms with Gasteiger partial charge in [0, 0.05) is 41.8 Å². The van der Waals surface area contributed by atoms with E-state index in [-0.39, 0.29) is 18.1 Å². The first-order chi connectivity index (χ1) is 16.3. The van der Waals surface area contributed by atoms with Crippen LogP contribution in [-0.4, -0.2) is 84.5 Å². The maximum Gasteiger partial charge on any atom is 0.337 e. The first kappa shape index (κ1) is 25.3. The highest BCUT2D eigenvalue weighted by molar-refractivity contribution is 7.09. The highest BCUT2D eigenvalue weighted by Gasteiger charge is 2.44. The number of carbonyl (C=O) groups excluding carboxylic acids is 2. The number of hydrogen-bond donors (Lipinski definition) is 1. The quantitative estimate of drug-likeness (QED) is 0.344. The van der Waals surface area contributed by atoms with Crippen LogP contribution < -0.4 is 5.32 Å². The van der Waals surface area contributed by atoms with Crippen molar-refractivity contribution in [2.75, 3.05) is 40.5 Å². The van der Waals surface area contributed by atoms with Crippen LogP contribution in [0.25, 0.3) is 0 Å². The molecule has 3 heterocycles. The molecule has 0 aromatic carbocycles. The predicted molar refractivity (Wildman–Crippen MR) is 132 cm³/mol. The maximum absolute atomic E-state index is 13.2. The van der Waals surface area contributed by atoms with E-state index in [0.29, 0.717) is 42.4 Å². The SMILES string of the molecule is COC(=O)C1=C(CN2CCOC[C@@]2(C)C=O)NC(c2nccs2)N(C)C1C1=C(Cl)CC(Cl)C=C1. The number of allylic oxidation sites excluding steroid dienone is 2. The molecule has 2 aliphatic heterocycles. The van der Waals surface area contributed by atoms with Crippen molar-refractivity contribution >= 4 is 46.8 Å². The standard InChI is InChI=1S/C23H28Cl2N4O4S/c1-23(12-30)13-33-8-7-29(23)11-17-18(22(31)32-3)19(15-5-4-14(24)10-16(15)25)28(2)20(27-17)21-26-6-9-34-21/h4-6,9,12,14,19-20,27H,7-8,10-11,13H2,1-3H3/t14?,19?,20?,23-/m1/s1. The molecule has 1 N–H and O–H groups in total. The minimum absolute atomic E-state index is 0.204. The number of halogens is 2. The van der Waals surface area contributed by atoms with Crippen molar-refractivity contribution in [2.45, 2.75) is 36.5 Å². The predicted octanol–water partition coefficient (Wildman–Crippen LogP) is 2.82. The molecule has 3 unspecified atom stereocenters. The zero-order chi connectivity index (χ0) is 24.5. The average molecular weight is 527 g/mol. The van der Waals surface area contributed by atoms with E-state index in [9.17, 15) is 9.59 Å². The first-order valence-corrected chi connectivity index (χ1v) is 12.7. The van der Waals surface area contributed by atoms with E-state index >= 15 is 0 Å². The van der Waals surface area contributed by atoms with E-state index in [1.54, 1.807) is 6.20 Å². The number of carbonyl (C=O) groups is 2. The Bertz CT molecular complexity index is 1030. The fraction of sp³-hybridized carbons (Fsp3) is 0.522. The van der Waals surface area contributed by atoms with E-state index in [0.717, 1.165) is 16.9 Å². The van der Waals surface area contributed by atoms with Gasteiger partial charge in [0.05, 0.1) is 42.9 Å². The second kappa shape index (κ2) is 10.5. The largest absolute Gasteiger partial charge is 0.466 e. The minimum atomic E-state index is -0.808. The summed E-state index contributed by atoms with van der Waals surface area (Å²) in [6.45, 7) is 3.51. The van der Waals surface area contributed by atoms with Gasteiger partial charge in [-0.15, -0.1) is 22.9 Å². The normalized spacial score (nSPS) is 30.9. The fourth-order valence-corrected chi connectivity index (χ4v) is 5.95. The molecule has 0 amide bonds. The van der Waals surface area contributed by atoms with Gasteiger partial charge in [-0.05, 0) is 19.5 Å². The molecule has 184 valence electrons. The minimum Gasteiger partial charge on any atom is -0.466 e. The molecule has 1 aromatic heterocycles. The third-order valence-corrected chi connectivity index (χ3v) is 8.01. The smallest absolute Gasteiger partial charge is 0.337 e. The molecule has 1 aliphatic carbocycles. The van der Waals surface area contributed by atoms with Gasteiger partial charge in [-0.3, -0.25) is 9.80 Å². The van der Waals surface area contributed by atoms with E-state index in [4.69, 9.17) is 32.7 Å². The summed E-state index contributed by atoms with van der Waals surface area (Å²) in [6.07, 6.45) is 6.59. The Morgan fingerprint density at radius 1 is 1.50 bits per heavy atom. The second-order valence-electron chi connectivity index (χ2n) is 8.76. The van der Waals surface area contributed by atoms with Crippen molar-refractivity contribution in [1.29, 1.82) is 0 Å². The Morgan fingerprint density at radius 2 is 2.29 bits per heavy atom. The van der Waals surface area contributed by atoms with Gasteiger partial charge in [-0.25, -0.2) is 9.78 Å². The number of aromatic nitrogens is 1. The number of nitrogens with zero attached hydrogens (tertiary/aromatic N) is 3. The van der Waals surface area contributed by atoms with Crippen molar-refractivity contribution in [2.24, 2.45) is 0 Å². The lowest BCUT2D eigenvalue weighted by Gasteiger charge is -2.46. The van der Waals surface area contributed by atoms with Crippen molar-refractivity contribution in [3.8, 4) is 0 Å². The van der Waals surface area contributed by atoms with E-state index in [1.165, 1.54) is 18.4 Å². The topological polar surface area (TPSA) is 84.0 Å². The fourth-order valence-electron chi connectivity index (χ4n) is 4.57. The van der Waals surface area contributed by atoms with Crippen molar-refractivity contribution in [3.63, 3.8) is 0 Å². The van der Waals surface area contributed by atoms with Crippen molar-refractivity contribution in [1.82, 2.24) is 20.1 Å². The number of likely N-dealkylation sites (N-methyl/N-ethyl adjacent to an activating group) is 1. The van der Waals surface area contributed by atoms with Gasteiger partial charge < -0.3 is 19.6 Å². The summed E-state index contributed by atoms with van der Waals surface area (Å²) in [7, 11) is 3.29. The van der Waals surface area contributed by atoms with E-state index in [2.05, 4.69) is 10.3 Å². The molecular formula is C23H28Cl2N4O4S. The van der Waals surface area contributed by atoms with Gasteiger partial charge in [0.25, 0.3) is 0 Å². The number of thiazole rings is 1. The molecule has 1 saturated heterocycles. The number of nitrogens with one attached hydrogen (secondary N) is 1. The Hall–Kier alpha value is -1.75. The van der Waals surface area contributed by atoms with Crippen LogP contribution in [0, 0.1) is 0 Å². The molecule has 8 nitrogen and oxygen atoms in total. The summed E-state index contributed by atoms with van der Waals surface area (Å²) in [6, 6.07) is -0.492. The molecule has 1 fully saturated rings. The van der Waals surface area contributed by atoms with Crippen molar-refractivity contribution < 1.29 is 19.1 Å². The third kappa shape index (κ3) is 4.82. The van der Waals surface area contributed by atoms with Gasteiger partial charge in [0.1, 0.15) is 17.5 Å². The molecular weight excluding hydrogens is 499 g/mol. The second-order valence-corrected chi connectivity index (χ2v) is 10.7. The number of ether oxygens (including phenoxy) is 2. The number of morpholine rings is 1. The van der Waals surface area contributed by atoms with Crippen LogP contribution >= 0.6 is 34.5 Å². The molecule has 4 atom stereocenters. The van der Waals surface area contributed by atoms with E-state index < -0.39 is 17.6 Å². The summed E-state index contributed by atoms with van der Waals surface area (Å²) < 4.78 is 10.8. The number of alkyl halides is 1. The number of methoxy groups -OCH3 is 1. The van der Waals surface area contributed by atoms with Crippen LogP contribution in [0.3, 0.4) is 0 Å². The zero-order valence-electron chi connectivity index (χ0n) is 19.3. The molecule has 34 heavy (non-hydrogen) atoms. The molecule has 1 aromatic rings. The van der Waals surface area contributed by atoms with Gasteiger partial charge in [-0.1, -0.05) is 23.8 Å². The Balaban J connectivity index is 1.84. The highest BCUT2D eigenvalue weighted by atomic mass is 35.5. The van der Waals surface area contributed by atoms with Crippen LogP contribution in [0.4, 0.5) is 0 Å². The van der Waals surface area contributed by atoms with Crippen molar-refractivity contribution in [3.05, 3.63) is 50.6 Å². The Morgan fingerprint density at radius 3 is 2.94 bits per heavy atom.